The first-order chi connectivity index (χ1) is 19.0. The summed E-state index contributed by atoms with van der Waals surface area (Å²) in [5, 5.41) is 25.0. The largest absolute Gasteiger partial charge is 0.456 e. The highest BCUT2D eigenvalue weighted by molar-refractivity contribution is 6.31. The first-order valence-corrected chi connectivity index (χ1v) is 13.2. The van der Waals surface area contributed by atoms with Gasteiger partial charge in [-0.15, -0.1) is 0 Å². The second-order valence-corrected chi connectivity index (χ2v) is 9.71. The van der Waals surface area contributed by atoms with E-state index >= 15 is 0 Å². The molecule has 0 amide bonds. The van der Waals surface area contributed by atoms with Gasteiger partial charge in [0.25, 0.3) is 0 Å². The van der Waals surface area contributed by atoms with Crippen molar-refractivity contribution in [2.24, 2.45) is 0 Å². The minimum Gasteiger partial charge on any atom is -0.456 e. The maximum Gasteiger partial charge on any atom is 0.135 e. The average molecular weight is 553 g/mol. The van der Waals surface area contributed by atoms with E-state index in [0.717, 1.165) is 22.3 Å². The maximum absolute atomic E-state index is 8.69. The fourth-order valence-corrected chi connectivity index (χ4v) is 4.71. The van der Waals surface area contributed by atoms with Gasteiger partial charge in [0, 0.05) is 45.4 Å². The van der Waals surface area contributed by atoms with Crippen LogP contribution in [0.15, 0.2) is 114 Å². The van der Waals surface area contributed by atoms with Crippen molar-refractivity contribution >= 4 is 34.9 Å². The van der Waals surface area contributed by atoms with Crippen LogP contribution < -0.4 is 10.6 Å². The molecule has 0 radical (unpaired) electrons. The number of furan rings is 1. The number of hydrogen-bond donors (Lipinski definition) is 4. The number of nitrogens with one attached hydrogen (secondary N) is 4. The SMILES string of the molecule is N=C(NCc1ccccc1Cl)c1ccccc1-c1ccc(-c2ccccc2C(=N)NCc2ccccc2Cl)o1. The van der Waals surface area contributed by atoms with Crippen molar-refractivity contribution in [2.45, 2.75) is 13.1 Å². The van der Waals surface area contributed by atoms with Crippen molar-refractivity contribution in [3.8, 4) is 22.6 Å². The Hall–Kier alpha value is -4.32. The van der Waals surface area contributed by atoms with E-state index in [1.807, 2.05) is 109 Å². The van der Waals surface area contributed by atoms with Crippen LogP contribution >= 0.6 is 23.2 Å². The van der Waals surface area contributed by atoms with Gasteiger partial charge in [-0.2, -0.15) is 0 Å². The Morgan fingerprint density at radius 3 is 1.36 bits per heavy atom. The van der Waals surface area contributed by atoms with Crippen LogP contribution in [0.3, 0.4) is 0 Å². The highest BCUT2D eigenvalue weighted by Gasteiger charge is 2.17. The van der Waals surface area contributed by atoms with Crippen LogP contribution in [-0.2, 0) is 13.1 Å². The molecule has 7 heteroatoms. The molecule has 0 saturated heterocycles. The Morgan fingerprint density at radius 2 is 0.923 bits per heavy atom. The van der Waals surface area contributed by atoms with E-state index in [1.54, 1.807) is 0 Å². The van der Waals surface area contributed by atoms with Gasteiger partial charge < -0.3 is 15.1 Å². The molecule has 5 nitrogen and oxygen atoms in total. The van der Waals surface area contributed by atoms with Gasteiger partial charge in [-0.1, -0.05) is 108 Å². The van der Waals surface area contributed by atoms with Crippen LogP contribution in [0.2, 0.25) is 10.0 Å². The second-order valence-electron chi connectivity index (χ2n) is 8.89. The summed E-state index contributed by atoms with van der Waals surface area (Å²) in [7, 11) is 0. The third kappa shape index (κ3) is 6.06. The number of benzene rings is 4. The molecule has 5 aromatic rings. The van der Waals surface area contributed by atoms with Gasteiger partial charge in [-0.25, -0.2) is 0 Å². The summed E-state index contributed by atoms with van der Waals surface area (Å²) >= 11 is 12.6. The monoisotopic (exact) mass is 552 g/mol. The molecule has 4 N–H and O–H groups in total. The zero-order valence-corrected chi connectivity index (χ0v) is 22.5. The van der Waals surface area contributed by atoms with E-state index in [1.165, 1.54) is 0 Å². The van der Waals surface area contributed by atoms with Crippen molar-refractivity contribution in [1.29, 1.82) is 10.8 Å². The molecule has 0 unspecified atom stereocenters. The first-order valence-electron chi connectivity index (χ1n) is 12.4. The van der Waals surface area contributed by atoms with E-state index in [2.05, 4.69) is 10.6 Å². The lowest BCUT2D eigenvalue weighted by Gasteiger charge is -2.13. The van der Waals surface area contributed by atoms with Crippen molar-refractivity contribution in [3.05, 3.63) is 141 Å². The highest BCUT2D eigenvalue weighted by Crippen LogP contribution is 2.32. The molecule has 194 valence electrons. The molecule has 4 aromatic carbocycles. The maximum atomic E-state index is 8.69. The van der Waals surface area contributed by atoms with E-state index < -0.39 is 0 Å². The summed E-state index contributed by atoms with van der Waals surface area (Å²) < 4.78 is 6.31. The zero-order valence-electron chi connectivity index (χ0n) is 21.0. The third-order valence-electron chi connectivity index (χ3n) is 6.36. The van der Waals surface area contributed by atoms with Crippen molar-refractivity contribution in [2.75, 3.05) is 0 Å². The molecule has 1 heterocycles. The minimum absolute atomic E-state index is 0.273. The number of hydrogen-bond acceptors (Lipinski definition) is 3. The lowest BCUT2D eigenvalue weighted by Crippen LogP contribution is -2.23. The summed E-state index contributed by atoms with van der Waals surface area (Å²) in [6, 6.07) is 34.2. The van der Waals surface area contributed by atoms with Gasteiger partial charge in [-0.05, 0) is 35.4 Å². The summed E-state index contributed by atoms with van der Waals surface area (Å²) in [6.45, 7) is 0.875. The molecule has 0 aliphatic heterocycles. The molecule has 0 atom stereocenters. The van der Waals surface area contributed by atoms with E-state index in [0.29, 0.717) is 45.8 Å². The van der Waals surface area contributed by atoms with Gasteiger partial charge in [0.1, 0.15) is 23.2 Å². The third-order valence-corrected chi connectivity index (χ3v) is 7.09. The first kappa shape index (κ1) is 26.3. The smallest absolute Gasteiger partial charge is 0.135 e. The summed E-state index contributed by atoms with van der Waals surface area (Å²) in [5.41, 5.74) is 4.86. The van der Waals surface area contributed by atoms with Crippen LogP contribution in [0.1, 0.15) is 22.3 Å². The van der Waals surface area contributed by atoms with Gasteiger partial charge in [-0.3, -0.25) is 10.8 Å². The Kier molecular flexibility index (Phi) is 8.11. The van der Waals surface area contributed by atoms with E-state index in [-0.39, 0.29) is 11.7 Å². The van der Waals surface area contributed by atoms with Crippen molar-refractivity contribution < 1.29 is 4.42 Å². The summed E-state index contributed by atoms with van der Waals surface area (Å²) in [6.07, 6.45) is 0. The molecular weight excluding hydrogens is 527 g/mol. The molecule has 0 aliphatic carbocycles. The molecule has 39 heavy (non-hydrogen) atoms. The predicted molar refractivity (Wildman–Crippen MR) is 160 cm³/mol. The summed E-state index contributed by atoms with van der Waals surface area (Å²) in [5.74, 6) is 1.81. The number of rotatable bonds is 8. The van der Waals surface area contributed by atoms with Crippen molar-refractivity contribution in [1.82, 2.24) is 10.6 Å². The zero-order chi connectivity index (χ0) is 27.2. The normalized spacial score (nSPS) is 10.7. The van der Waals surface area contributed by atoms with Crippen LogP contribution in [0.5, 0.6) is 0 Å². The van der Waals surface area contributed by atoms with Gasteiger partial charge in [0.2, 0.25) is 0 Å². The summed E-state index contributed by atoms with van der Waals surface area (Å²) in [4.78, 5) is 0. The van der Waals surface area contributed by atoms with Crippen LogP contribution in [0.25, 0.3) is 22.6 Å². The van der Waals surface area contributed by atoms with E-state index in [4.69, 9.17) is 38.4 Å². The highest BCUT2D eigenvalue weighted by atomic mass is 35.5. The van der Waals surface area contributed by atoms with Crippen LogP contribution in [0.4, 0.5) is 0 Å². The lowest BCUT2D eigenvalue weighted by atomic mass is 10.0. The fraction of sp³-hybridized carbons (Fsp3) is 0.0625. The molecule has 5 rings (SSSR count). The van der Waals surface area contributed by atoms with Gasteiger partial charge >= 0.3 is 0 Å². The standard InChI is InChI=1S/C32H26Cl2N4O/c33-27-15-7-1-9-21(27)19-37-31(35)25-13-5-3-11-23(25)29-17-18-30(39-29)24-12-4-6-14-26(24)32(36)38-20-22-10-2-8-16-28(22)34/h1-18H,19-20H2,(H2,35,37)(H2,36,38). The molecule has 0 saturated carbocycles. The van der Waals surface area contributed by atoms with Gasteiger partial charge in [0.15, 0.2) is 0 Å². The Labute approximate surface area is 237 Å². The molecule has 0 fully saturated rings. The van der Waals surface area contributed by atoms with Gasteiger partial charge in [0.05, 0.1) is 0 Å². The van der Waals surface area contributed by atoms with Crippen LogP contribution in [-0.4, -0.2) is 11.7 Å². The van der Waals surface area contributed by atoms with Crippen molar-refractivity contribution in [3.63, 3.8) is 0 Å². The Morgan fingerprint density at radius 1 is 0.538 bits per heavy atom. The second kappa shape index (κ2) is 12.0. The topological polar surface area (TPSA) is 84.9 Å². The lowest BCUT2D eigenvalue weighted by molar-refractivity contribution is 0.597. The molecule has 0 bridgehead atoms. The average Bonchev–Trinajstić information content (AvgIpc) is 3.46. The molecule has 1 aromatic heterocycles. The quantitative estimate of drug-likeness (QED) is 0.116. The van der Waals surface area contributed by atoms with Crippen LogP contribution in [0, 0.1) is 10.8 Å². The Bertz CT molecular complexity index is 1520. The minimum atomic E-state index is 0.273. The fourth-order valence-electron chi connectivity index (χ4n) is 4.30. The number of amidine groups is 2. The number of halogens is 2. The Balaban J connectivity index is 1.36. The molecular formula is C32H26Cl2N4O. The molecule has 0 spiro atoms. The molecule has 0 aliphatic rings. The van der Waals surface area contributed by atoms with E-state index in [9.17, 15) is 0 Å². The predicted octanol–water partition coefficient (Wildman–Crippen LogP) is 8.15.